The molecule has 0 radical (unpaired) electrons. The Kier molecular flexibility index (Phi) is 2.22. The first-order chi connectivity index (χ1) is 6.65. The van der Waals surface area contributed by atoms with Gasteiger partial charge in [-0.15, -0.1) is 0 Å². The lowest BCUT2D eigenvalue weighted by molar-refractivity contribution is 0.0956. The normalized spacial score (nSPS) is 25.1. The fraction of sp³-hybridized carbons (Fsp3) is 0.583. The number of aromatic amines is 1. The van der Waals surface area contributed by atoms with Crippen molar-refractivity contribution in [2.45, 2.75) is 33.6 Å². The largest absolute Gasteiger partial charge is 0.358 e. The van der Waals surface area contributed by atoms with Crippen LogP contribution in [0, 0.1) is 25.7 Å². The minimum absolute atomic E-state index is 0.303. The van der Waals surface area contributed by atoms with Crippen LogP contribution in [0.1, 0.15) is 41.4 Å². The van der Waals surface area contributed by atoms with Crippen molar-refractivity contribution >= 4 is 5.78 Å². The van der Waals surface area contributed by atoms with Gasteiger partial charge in [0.05, 0.1) is 5.69 Å². The smallest absolute Gasteiger partial charge is 0.182 e. The van der Waals surface area contributed by atoms with Crippen LogP contribution in [0.2, 0.25) is 0 Å². The van der Waals surface area contributed by atoms with Gasteiger partial charge in [0, 0.05) is 12.1 Å². The highest BCUT2D eigenvalue weighted by atomic mass is 16.1. The molecule has 1 N–H and O–H groups in total. The summed E-state index contributed by atoms with van der Waals surface area (Å²) >= 11 is 0. The highest BCUT2D eigenvalue weighted by molar-refractivity contribution is 5.99. The summed E-state index contributed by atoms with van der Waals surface area (Å²) in [6.45, 7) is 6.21. The minimum Gasteiger partial charge on any atom is -0.358 e. The van der Waals surface area contributed by atoms with Gasteiger partial charge in [0.25, 0.3) is 0 Å². The first-order valence-electron chi connectivity index (χ1n) is 5.34. The molecule has 76 valence electrons. The lowest BCUT2D eigenvalue weighted by Gasteiger charge is -1.98. The van der Waals surface area contributed by atoms with Gasteiger partial charge in [-0.25, -0.2) is 0 Å². The van der Waals surface area contributed by atoms with Gasteiger partial charge in [0.2, 0.25) is 0 Å². The van der Waals surface area contributed by atoms with E-state index in [2.05, 4.69) is 11.9 Å². The van der Waals surface area contributed by atoms with Gasteiger partial charge >= 0.3 is 0 Å². The second-order valence-corrected chi connectivity index (χ2v) is 4.35. The van der Waals surface area contributed by atoms with Gasteiger partial charge in [-0.3, -0.25) is 4.79 Å². The van der Waals surface area contributed by atoms with E-state index >= 15 is 0 Å². The molecule has 1 fully saturated rings. The maximum Gasteiger partial charge on any atom is 0.182 e. The topological polar surface area (TPSA) is 32.9 Å². The lowest BCUT2D eigenvalue weighted by Crippen LogP contribution is -2.05. The molecule has 2 unspecified atom stereocenters. The number of nitrogens with one attached hydrogen (secondary N) is 1. The lowest BCUT2D eigenvalue weighted by atomic mass is 10.1. The molecule has 0 aliphatic heterocycles. The van der Waals surface area contributed by atoms with Crippen molar-refractivity contribution in [2.75, 3.05) is 0 Å². The molecule has 0 amide bonds. The molecule has 0 saturated heterocycles. The number of carbonyl (C=O) groups excluding carboxylic acids is 1. The van der Waals surface area contributed by atoms with E-state index in [9.17, 15) is 4.79 Å². The number of carbonyl (C=O) groups is 1. The van der Waals surface area contributed by atoms with Crippen molar-refractivity contribution in [3.8, 4) is 0 Å². The summed E-state index contributed by atoms with van der Waals surface area (Å²) in [5.74, 6) is 1.27. The molecule has 0 bridgehead atoms. The fourth-order valence-corrected chi connectivity index (χ4v) is 2.06. The quantitative estimate of drug-likeness (QED) is 0.732. The molecule has 14 heavy (non-hydrogen) atoms. The monoisotopic (exact) mass is 191 g/mol. The van der Waals surface area contributed by atoms with Crippen molar-refractivity contribution in [2.24, 2.45) is 11.8 Å². The summed E-state index contributed by atoms with van der Waals surface area (Å²) in [6.07, 6.45) is 4.15. The zero-order valence-corrected chi connectivity index (χ0v) is 9.05. The molecular weight excluding hydrogens is 174 g/mol. The Labute approximate surface area is 84.7 Å². The number of ketones is 1. The Morgan fingerprint density at radius 1 is 1.57 bits per heavy atom. The van der Waals surface area contributed by atoms with Crippen LogP contribution >= 0.6 is 0 Å². The summed E-state index contributed by atoms with van der Waals surface area (Å²) in [4.78, 5) is 15.1. The Morgan fingerprint density at radius 2 is 2.29 bits per heavy atom. The van der Waals surface area contributed by atoms with Crippen LogP contribution < -0.4 is 0 Å². The number of rotatable bonds is 3. The second kappa shape index (κ2) is 3.26. The SMILES string of the molecule is CCC1CC1C(=O)c1[nH]cc(C)c1C. The third-order valence-electron chi connectivity index (χ3n) is 3.43. The fourth-order valence-electron chi connectivity index (χ4n) is 2.06. The second-order valence-electron chi connectivity index (χ2n) is 4.35. The van der Waals surface area contributed by atoms with Crippen molar-refractivity contribution < 1.29 is 4.79 Å². The molecule has 1 aliphatic carbocycles. The van der Waals surface area contributed by atoms with E-state index < -0.39 is 0 Å². The average Bonchev–Trinajstić information content (AvgIpc) is 2.89. The molecule has 2 rings (SSSR count). The summed E-state index contributed by atoms with van der Waals surface area (Å²) in [5.41, 5.74) is 3.14. The summed E-state index contributed by atoms with van der Waals surface area (Å²) < 4.78 is 0. The number of H-pyrrole nitrogens is 1. The number of aryl methyl sites for hydroxylation is 1. The number of hydrogen-bond acceptors (Lipinski definition) is 1. The molecule has 1 aromatic rings. The van der Waals surface area contributed by atoms with Gasteiger partial charge in [-0.2, -0.15) is 0 Å². The average molecular weight is 191 g/mol. The Bertz CT molecular complexity index is 364. The third-order valence-corrected chi connectivity index (χ3v) is 3.43. The van der Waals surface area contributed by atoms with Crippen LogP contribution in [0.4, 0.5) is 0 Å². The zero-order chi connectivity index (χ0) is 10.3. The standard InChI is InChI=1S/C12H17NO/c1-4-9-5-10(9)12(14)11-8(3)7(2)6-13-11/h6,9-10,13H,4-5H2,1-3H3. The molecule has 1 aliphatic rings. The first kappa shape index (κ1) is 9.50. The van der Waals surface area contributed by atoms with E-state index in [1.807, 2.05) is 20.0 Å². The van der Waals surface area contributed by atoms with Crippen LogP contribution in [0.5, 0.6) is 0 Å². The van der Waals surface area contributed by atoms with Crippen LogP contribution in [0.15, 0.2) is 6.20 Å². The predicted octanol–water partition coefficient (Wildman–Crippen LogP) is 2.86. The molecule has 1 saturated carbocycles. The van der Waals surface area contributed by atoms with E-state index in [-0.39, 0.29) is 0 Å². The van der Waals surface area contributed by atoms with Gasteiger partial charge < -0.3 is 4.98 Å². The molecule has 2 atom stereocenters. The highest BCUT2D eigenvalue weighted by Gasteiger charge is 2.42. The van der Waals surface area contributed by atoms with E-state index in [0.717, 1.165) is 24.1 Å². The van der Waals surface area contributed by atoms with Gasteiger partial charge in [0.15, 0.2) is 5.78 Å². The maximum absolute atomic E-state index is 12.0. The molecule has 0 aromatic carbocycles. The molecule has 1 aromatic heterocycles. The van der Waals surface area contributed by atoms with E-state index in [1.165, 1.54) is 5.56 Å². The zero-order valence-electron chi connectivity index (χ0n) is 9.05. The third kappa shape index (κ3) is 1.39. The van der Waals surface area contributed by atoms with Gasteiger partial charge in [-0.1, -0.05) is 13.3 Å². The number of Topliss-reactive ketones (excluding diaryl/α,β-unsaturated/α-hetero) is 1. The van der Waals surface area contributed by atoms with E-state index in [4.69, 9.17) is 0 Å². The Hall–Kier alpha value is -1.05. The number of aromatic nitrogens is 1. The molecular formula is C12H17NO. The van der Waals surface area contributed by atoms with Crippen LogP contribution in [0.3, 0.4) is 0 Å². The van der Waals surface area contributed by atoms with Crippen LogP contribution in [-0.2, 0) is 0 Å². The van der Waals surface area contributed by atoms with Crippen molar-refractivity contribution in [3.63, 3.8) is 0 Å². The van der Waals surface area contributed by atoms with Crippen molar-refractivity contribution in [1.82, 2.24) is 4.98 Å². The van der Waals surface area contributed by atoms with Crippen molar-refractivity contribution in [3.05, 3.63) is 23.0 Å². The predicted molar refractivity (Wildman–Crippen MR) is 56.5 cm³/mol. The Morgan fingerprint density at radius 3 is 2.71 bits per heavy atom. The molecule has 2 nitrogen and oxygen atoms in total. The Balaban J connectivity index is 2.17. The van der Waals surface area contributed by atoms with Gasteiger partial charge in [-0.05, 0) is 37.3 Å². The summed E-state index contributed by atoms with van der Waals surface area (Å²) in [6, 6.07) is 0. The van der Waals surface area contributed by atoms with Gasteiger partial charge in [0.1, 0.15) is 0 Å². The van der Waals surface area contributed by atoms with Crippen molar-refractivity contribution in [1.29, 1.82) is 0 Å². The summed E-state index contributed by atoms with van der Waals surface area (Å²) in [7, 11) is 0. The van der Waals surface area contributed by atoms with E-state index in [0.29, 0.717) is 17.6 Å². The molecule has 1 heterocycles. The number of hydrogen-bond donors (Lipinski definition) is 1. The van der Waals surface area contributed by atoms with Crippen LogP contribution in [-0.4, -0.2) is 10.8 Å². The summed E-state index contributed by atoms with van der Waals surface area (Å²) in [5, 5.41) is 0. The maximum atomic E-state index is 12.0. The highest BCUT2D eigenvalue weighted by Crippen LogP contribution is 2.43. The van der Waals surface area contributed by atoms with Crippen LogP contribution in [0.25, 0.3) is 0 Å². The molecule has 0 spiro atoms. The minimum atomic E-state index is 0.303. The first-order valence-corrected chi connectivity index (χ1v) is 5.34. The molecule has 2 heteroatoms. The van der Waals surface area contributed by atoms with E-state index in [1.54, 1.807) is 0 Å².